The zero-order valence-electron chi connectivity index (χ0n) is 12.2. The monoisotopic (exact) mass is 268 g/mol. The lowest BCUT2D eigenvalue weighted by atomic mass is 9.89. The van der Waals surface area contributed by atoms with Crippen molar-refractivity contribution >= 4 is 6.29 Å². The summed E-state index contributed by atoms with van der Waals surface area (Å²) >= 11 is 0. The highest BCUT2D eigenvalue weighted by molar-refractivity contribution is 5.79. The molecule has 1 atom stereocenters. The van der Waals surface area contributed by atoms with E-state index in [9.17, 15) is 4.79 Å². The molecule has 0 fully saturated rings. The van der Waals surface area contributed by atoms with Crippen LogP contribution in [0.1, 0.15) is 39.9 Å². The largest absolute Gasteiger partial charge is 0.496 e. The van der Waals surface area contributed by atoms with Crippen LogP contribution >= 0.6 is 0 Å². The molecule has 2 nitrogen and oxygen atoms in total. The molecule has 0 radical (unpaired) electrons. The fourth-order valence-electron chi connectivity index (χ4n) is 2.55. The Bertz CT molecular complexity index is 588. The van der Waals surface area contributed by atoms with Gasteiger partial charge < -0.3 is 4.74 Å². The third kappa shape index (κ3) is 3.08. The average molecular weight is 268 g/mol. The number of aryl methyl sites for hydroxylation is 1. The number of hydrogen-bond donors (Lipinski definition) is 0. The van der Waals surface area contributed by atoms with Gasteiger partial charge in [-0.25, -0.2) is 0 Å². The lowest BCUT2D eigenvalue weighted by Crippen LogP contribution is -2.04. The van der Waals surface area contributed by atoms with E-state index in [2.05, 4.69) is 25.1 Å². The molecule has 0 aliphatic rings. The molecule has 2 aromatic rings. The van der Waals surface area contributed by atoms with Gasteiger partial charge in [0.2, 0.25) is 0 Å². The van der Waals surface area contributed by atoms with E-state index in [4.69, 9.17) is 4.74 Å². The number of methoxy groups -OCH3 is 1. The van der Waals surface area contributed by atoms with Gasteiger partial charge in [-0.2, -0.15) is 0 Å². The molecule has 0 aliphatic heterocycles. The van der Waals surface area contributed by atoms with Gasteiger partial charge in [0.15, 0.2) is 0 Å². The second-order valence-corrected chi connectivity index (χ2v) is 5.16. The van der Waals surface area contributed by atoms with Crippen LogP contribution in [0.3, 0.4) is 0 Å². The molecule has 2 heteroatoms. The summed E-state index contributed by atoms with van der Waals surface area (Å²) in [7, 11) is 1.63. The van der Waals surface area contributed by atoms with Crippen molar-refractivity contribution in [3.8, 4) is 5.75 Å². The lowest BCUT2D eigenvalue weighted by molar-refractivity contribution is 0.112. The van der Waals surface area contributed by atoms with Gasteiger partial charge in [-0.1, -0.05) is 43.3 Å². The Morgan fingerprint density at radius 3 is 2.50 bits per heavy atom. The van der Waals surface area contributed by atoms with Gasteiger partial charge in [0.25, 0.3) is 0 Å². The van der Waals surface area contributed by atoms with Crippen LogP contribution in [0.2, 0.25) is 0 Å². The molecule has 2 aromatic carbocycles. The Labute approximate surface area is 120 Å². The standard InChI is InChI=1S/C18H20O2/c1-13(9-15-7-5-4-6-8-15)17-10-14(2)18(20-3)11-16(17)12-19/h4-8,10-13H,9H2,1-3H3. The maximum atomic E-state index is 11.3. The number of rotatable bonds is 5. The van der Waals surface area contributed by atoms with Gasteiger partial charge in [0.1, 0.15) is 12.0 Å². The number of benzene rings is 2. The van der Waals surface area contributed by atoms with Gasteiger partial charge in [-0.3, -0.25) is 4.79 Å². The summed E-state index contributed by atoms with van der Waals surface area (Å²) in [6.07, 6.45) is 1.84. The number of aldehydes is 1. The normalized spacial score (nSPS) is 11.9. The molecule has 0 amide bonds. The minimum absolute atomic E-state index is 0.294. The van der Waals surface area contributed by atoms with E-state index in [1.807, 2.05) is 31.2 Å². The molecule has 1 unspecified atom stereocenters. The predicted octanol–water partition coefficient (Wildman–Crippen LogP) is 4.16. The van der Waals surface area contributed by atoms with Crippen LogP contribution in [0, 0.1) is 6.92 Å². The fourth-order valence-corrected chi connectivity index (χ4v) is 2.55. The van der Waals surface area contributed by atoms with Crippen molar-refractivity contribution in [2.45, 2.75) is 26.2 Å². The molecule has 0 saturated carbocycles. The van der Waals surface area contributed by atoms with Crippen molar-refractivity contribution in [2.24, 2.45) is 0 Å². The molecular weight excluding hydrogens is 248 g/mol. The molecule has 0 saturated heterocycles. The van der Waals surface area contributed by atoms with Gasteiger partial charge in [-0.05, 0) is 42.0 Å². The molecule has 0 heterocycles. The molecule has 20 heavy (non-hydrogen) atoms. The number of carbonyl (C=O) groups is 1. The Kier molecular flexibility index (Phi) is 4.57. The van der Waals surface area contributed by atoms with Gasteiger partial charge in [-0.15, -0.1) is 0 Å². The van der Waals surface area contributed by atoms with Crippen LogP contribution < -0.4 is 4.74 Å². The van der Waals surface area contributed by atoms with Gasteiger partial charge >= 0.3 is 0 Å². The molecular formula is C18H20O2. The summed E-state index contributed by atoms with van der Waals surface area (Å²) in [5.41, 5.74) is 4.15. The first-order chi connectivity index (χ1) is 9.65. The van der Waals surface area contributed by atoms with Crippen LogP contribution in [-0.4, -0.2) is 13.4 Å². The molecule has 0 aromatic heterocycles. The van der Waals surface area contributed by atoms with Crippen molar-refractivity contribution in [2.75, 3.05) is 7.11 Å². The Hall–Kier alpha value is -2.09. The summed E-state index contributed by atoms with van der Waals surface area (Å²) in [5, 5.41) is 0. The van der Waals surface area contributed by atoms with Crippen LogP contribution in [-0.2, 0) is 6.42 Å². The van der Waals surface area contributed by atoms with E-state index < -0.39 is 0 Å². The maximum absolute atomic E-state index is 11.3. The average Bonchev–Trinajstić information content (AvgIpc) is 2.48. The summed E-state index contributed by atoms with van der Waals surface area (Å²) in [6.45, 7) is 4.16. The van der Waals surface area contributed by atoms with Crippen LogP contribution in [0.5, 0.6) is 5.75 Å². The molecule has 104 valence electrons. The van der Waals surface area contributed by atoms with E-state index in [-0.39, 0.29) is 0 Å². The van der Waals surface area contributed by atoms with E-state index in [1.54, 1.807) is 7.11 Å². The predicted molar refractivity (Wildman–Crippen MR) is 81.7 cm³/mol. The molecule has 0 N–H and O–H groups in total. The third-order valence-electron chi connectivity index (χ3n) is 3.64. The molecule has 0 aliphatic carbocycles. The van der Waals surface area contributed by atoms with Crippen molar-refractivity contribution < 1.29 is 9.53 Å². The minimum Gasteiger partial charge on any atom is -0.496 e. The summed E-state index contributed by atoms with van der Waals surface area (Å²) < 4.78 is 5.28. The minimum atomic E-state index is 0.294. The zero-order valence-corrected chi connectivity index (χ0v) is 12.2. The topological polar surface area (TPSA) is 26.3 Å². The molecule has 0 bridgehead atoms. The van der Waals surface area contributed by atoms with E-state index in [0.29, 0.717) is 5.92 Å². The van der Waals surface area contributed by atoms with Crippen LogP contribution in [0.4, 0.5) is 0 Å². The highest BCUT2D eigenvalue weighted by Crippen LogP contribution is 2.29. The number of carbonyl (C=O) groups excluding carboxylic acids is 1. The van der Waals surface area contributed by atoms with Crippen molar-refractivity contribution in [1.29, 1.82) is 0 Å². The maximum Gasteiger partial charge on any atom is 0.150 e. The quantitative estimate of drug-likeness (QED) is 0.761. The van der Waals surface area contributed by atoms with Crippen molar-refractivity contribution in [3.63, 3.8) is 0 Å². The first-order valence-electron chi connectivity index (χ1n) is 6.83. The zero-order chi connectivity index (χ0) is 14.5. The van der Waals surface area contributed by atoms with E-state index >= 15 is 0 Å². The highest BCUT2D eigenvalue weighted by Gasteiger charge is 2.14. The summed E-state index contributed by atoms with van der Waals surface area (Å²) in [5.74, 6) is 1.06. The van der Waals surface area contributed by atoms with E-state index in [1.165, 1.54) is 5.56 Å². The summed E-state index contributed by atoms with van der Waals surface area (Å²) in [6, 6.07) is 14.2. The first kappa shape index (κ1) is 14.3. The lowest BCUT2D eigenvalue weighted by Gasteiger charge is -2.17. The summed E-state index contributed by atoms with van der Waals surface area (Å²) in [4.78, 5) is 11.3. The smallest absolute Gasteiger partial charge is 0.150 e. The van der Waals surface area contributed by atoms with Crippen LogP contribution in [0.15, 0.2) is 42.5 Å². The Morgan fingerprint density at radius 2 is 1.90 bits per heavy atom. The van der Waals surface area contributed by atoms with Crippen molar-refractivity contribution in [3.05, 3.63) is 64.7 Å². The second kappa shape index (κ2) is 6.38. The van der Waals surface area contributed by atoms with Gasteiger partial charge in [0, 0.05) is 5.56 Å². The van der Waals surface area contributed by atoms with Crippen LogP contribution in [0.25, 0.3) is 0 Å². The van der Waals surface area contributed by atoms with Crippen molar-refractivity contribution in [1.82, 2.24) is 0 Å². The molecule has 0 spiro atoms. The van der Waals surface area contributed by atoms with E-state index in [0.717, 1.165) is 35.1 Å². The Balaban J connectivity index is 2.31. The fraction of sp³-hybridized carbons (Fsp3) is 0.278. The SMILES string of the molecule is COc1cc(C=O)c(C(C)Cc2ccccc2)cc1C. The third-order valence-corrected chi connectivity index (χ3v) is 3.64. The highest BCUT2D eigenvalue weighted by atomic mass is 16.5. The number of hydrogen-bond acceptors (Lipinski definition) is 2. The Morgan fingerprint density at radius 1 is 1.20 bits per heavy atom. The van der Waals surface area contributed by atoms with Gasteiger partial charge in [0.05, 0.1) is 7.11 Å². The number of ether oxygens (including phenoxy) is 1. The second-order valence-electron chi connectivity index (χ2n) is 5.16. The first-order valence-corrected chi connectivity index (χ1v) is 6.83. The molecule has 2 rings (SSSR count).